The molecule has 6 heteroatoms. The Morgan fingerprint density at radius 1 is 1.31 bits per heavy atom. The van der Waals surface area contributed by atoms with Crippen LogP contribution in [0.4, 0.5) is 0 Å². The molecule has 1 aromatic carbocycles. The van der Waals surface area contributed by atoms with Crippen LogP contribution in [0.3, 0.4) is 0 Å². The third kappa shape index (κ3) is 3.03. The van der Waals surface area contributed by atoms with Gasteiger partial charge in [-0.1, -0.05) is 18.2 Å². The van der Waals surface area contributed by atoms with Crippen LogP contribution < -0.4 is 5.56 Å². The molecule has 3 aromatic rings. The minimum Gasteiger partial charge on any atom is -0.337 e. The second-order valence-electron chi connectivity index (χ2n) is 6.79. The summed E-state index contributed by atoms with van der Waals surface area (Å²) in [6.45, 7) is 4.07. The molecule has 134 valence electrons. The summed E-state index contributed by atoms with van der Waals surface area (Å²) in [5, 5.41) is 5.96. The predicted molar refractivity (Wildman–Crippen MR) is 100 cm³/mol. The first-order chi connectivity index (χ1) is 12.7. The zero-order valence-electron chi connectivity index (χ0n) is 14.8. The van der Waals surface area contributed by atoms with Crippen molar-refractivity contribution in [2.75, 3.05) is 13.1 Å². The van der Waals surface area contributed by atoms with Crippen molar-refractivity contribution in [2.45, 2.75) is 32.2 Å². The van der Waals surface area contributed by atoms with E-state index in [0.29, 0.717) is 17.6 Å². The summed E-state index contributed by atoms with van der Waals surface area (Å²) >= 11 is 0. The molecule has 0 bridgehead atoms. The number of hydrogen-bond donors (Lipinski definition) is 1. The molecule has 0 unspecified atom stereocenters. The number of pyridine rings is 1. The number of carbonyl (C=O) groups excluding carboxylic acids is 1. The first-order valence-corrected chi connectivity index (χ1v) is 9.10. The normalized spacial score (nSPS) is 17.6. The second-order valence-corrected chi connectivity index (χ2v) is 6.79. The highest BCUT2D eigenvalue weighted by Gasteiger charge is 2.27. The Morgan fingerprint density at radius 2 is 2.15 bits per heavy atom. The van der Waals surface area contributed by atoms with Crippen LogP contribution in [0.15, 0.2) is 47.4 Å². The van der Waals surface area contributed by atoms with Crippen LogP contribution in [-0.4, -0.2) is 38.7 Å². The monoisotopic (exact) mass is 350 g/mol. The fourth-order valence-electron chi connectivity index (χ4n) is 3.68. The van der Waals surface area contributed by atoms with Gasteiger partial charge in [0.05, 0.1) is 0 Å². The number of H-pyrrole nitrogens is 1. The van der Waals surface area contributed by atoms with Crippen molar-refractivity contribution in [1.29, 1.82) is 0 Å². The van der Waals surface area contributed by atoms with E-state index in [2.05, 4.69) is 10.1 Å². The number of likely N-dealkylation sites (tertiary alicyclic amines) is 1. The Kier molecular flexibility index (Phi) is 4.32. The largest absolute Gasteiger partial charge is 0.337 e. The van der Waals surface area contributed by atoms with Gasteiger partial charge >= 0.3 is 0 Å². The van der Waals surface area contributed by atoms with E-state index >= 15 is 0 Å². The van der Waals surface area contributed by atoms with Crippen molar-refractivity contribution in [2.24, 2.45) is 0 Å². The van der Waals surface area contributed by atoms with Gasteiger partial charge in [0.2, 0.25) is 0 Å². The minimum absolute atomic E-state index is 0.0370. The van der Waals surface area contributed by atoms with E-state index in [1.54, 1.807) is 10.7 Å². The first-order valence-electron chi connectivity index (χ1n) is 9.10. The van der Waals surface area contributed by atoms with Crippen molar-refractivity contribution in [3.63, 3.8) is 0 Å². The highest BCUT2D eigenvalue weighted by molar-refractivity contribution is 5.92. The molecule has 4 rings (SSSR count). The van der Waals surface area contributed by atoms with Gasteiger partial charge in [-0.2, -0.15) is 5.10 Å². The number of carbonyl (C=O) groups is 1. The van der Waals surface area contributed by atoms with E-state index in [4.69, 9.17) is 0 Å². The third-order valence-electron chi connectivity index (χ3n) is 5.11. The van der Waals surface area contributed by atoms with Crippen LogP contribution in [0.1, 0.15) is 41.9 Å². The number of nitrogens with one attached hydrogen (secondary N) is 1. The van der Waals surface area contributed by atoms with Gasteiger partial charge in [-0.05, 0) is 43.4 Å². The number of amides is 1. The summed E-state index contributed by atoms with van der Waals surface area (Å²) in [6, 6.07) is 11.4. The Labute approximate surface area is 151 Å². The van der Waals surface area contributed by atoms with Crippen LogP contribution in [0.5, 0.6) is 0 Å². The van der Waals surface area contributed by atoms with Gasteiger partial charge in [0.15, 0.2) is 0 Å². The number of piperidine rings is 1. The molecule has 3 heterocycles. The van der Waals surface area contributed by atoms with E-state index in [1.807, 2.05) is 48.4 Å². The Hall–Kier alpha value is -2.89. The molecule has 1 atom stereocenters. The molecule has 0 spiro atoms. The number of benzene rings is 1. The molecular weight excluding hydrogens is 328 g/mol. The van der Waals surface area contributed by atoms with Gasteiger partial charge in [0, 0.05) is 42.8 Å². The molecule has 1 amide bonds. The number of nitrogens with zero attached hydrogens (tertiary/aromatic N) is 3. The molecule has 1 N–H and O–H groups in total. The standard InChI is InChI=1S/C20H22N4O2/c1-2-24-11-9-17(22-24)20(26)23-10-5-7-15(13-23)18-12-14-6-3-4-8-16(14)19(25)21-18/h3-4,6,8-9,11-12,15H,2,5,7,10,13H2,1H3,(H,21,25)/t15-/m1/s1. The number of hydrogen-bond acceptors (Lipinski definition) is 3. The van der Waals surface area contributed by atoms with E-state index in [1.165, 1.54) is 0 Å². The van der Waals surface area contributed by atoms with Crippen LogP contribution in [0.25, 0.3) is 10.8 Å². The SMILES string of the molecule is CCn1ccc(C(=O)N2CCC[C@@H](c3cc4ccccc4c(=O)[nH]3)C2)n1. The van der Waals surface area contributed by atoms with Gasteiger partial charge in [0.1, 0.15) is 5.69 Å². The predicted octanol–water partition coefficient (Wildman–Crippen LogP) is 2.76. The molecule has 0 saturated carbocycles. The van der Waals surface area contributed by atoms with Crippen molar-refractivity contribution in [3.05, 3.63) is 64.3 Å². The molecule has 26 heavy (non-hydrogen) atoms. The van der Waals surface area contributed by atoms with Gasteiger partial charge in [-0.15, -0.1) is 0 Å². The van der Waals surface area contributed by atoms with Gasteiger partial charge < -0.3 is 9.88 Å². The van der Waals surface area contributed by atoms with Crippen molar-refractivity contribution >= 4 is 16.7 Å². The molecule has 0 aliphatic carbocycles. The average molecular weight is 350 g/mol. The van der Waals surface area contributed by atoms with Gasteiger partial charge in [-0.25, -0.2) is 0 Å². The van der Waals surface area contributed by atoms with E-state index in [9.17, 15) is 9.59 Å². The molecule has 1 fully saturated rings. The highest BCUT2D eigenvalue weighted by Crippen LogP contribution is 2.27. The maximum Gasteiger partial charge on any atom is 0.274 e. The first kappa shape index (κ1) is 16.6. The number of aromatic nitrogens is 3. The number of fused-ring (bicyclic) bond motifs is 1. The Balaban J connectivity index is 1.58. The van der Waals surface area contributed by atoms with Crippen LogP contribution >= 0.6 is 0 Å². The van der Waals surface area contributed by atoms with Crippen LogP contribution in [-0.2, 0) is 6.54 Å². The molecule has 1 aliphatic heterocycles. The molecule has 6 nitrogen and oxygen atoms in total. The maximum absolute atomic E-state index is 12.8. The summed E-state index contributed by atoms with van der Waals surface area (Å²) in [4.78, 5) is 30.0. The lowest BCUT2D eigenvalue weighted by molar-refractivity contribution is 0.0699. The van der Waals surface area contributed by atoms with Crippen LogP contribution in [0.2, 0.25) is 0 Å². The fourth-order valence-corrected chi connectivity index (χ4v) is 3.68. The van der Waals surface area contributed by atoms with E-state index in [0.717, 1.165) is 37.0 Å². The maximum atomic E-state index is 12.8. The van der Waals surface area contributed by atoms with Crippen molar-refractivity contribution in [3.8, 4) is 0 Å². The third-order valence-corrected chi connectivity index (χ3v) is 5.11. The molecule has 1 saturated heterocycles. The smallest absolute Gasteiger partial charge is 0.274 e. The quantitative estimate of drug-likeness (QED) is 0.789. The average Bonchev–Trinajstić information content (AvgIpc) is 3.17. The fraction of sp³-hybridized carbons (Fsp3) is 0.350. The van der Waals surface area contributed by atoms with Gasteiger partial charge in [-0.3, -0.25) is 14.3 Å². The number of aryl methyl sites for hydroxylation is 1. The summed E-state index contributed by atoms with van der Waals surface area (Å²) in [7, 11) is 0. The second kappa shape index (κ2) is 6.78. The topological polar surface area (TPSA) is 71.0 Å². The van der Waals surface area contributed by atoms with E-state index in [-0.39, 0.29) is 17.4 Å². The highest BCUT2D eigenvalue weighted by atomic mass is 16.2. The Morgan fingerprint density at radius 3 is 2.96 bits per heavy atom. The Bertz CT molecular complexity index is 1000. The lowest BCUT2D eigenvalue weighted by Gasteiger charge is -2.32. The number of aromatic amines is 1. The summed E-state index contributed by atoms with van der Waals surface area (Å²) in [5.41, 5.74) is 1.33. The summed E-state index contributed by atoms with van der Waals surface area (Å²) in [6.07, 6.45) is 3.71. The molecule has 2 aromatic heterocycles. The lowest BCUT2D eigenvalue weighted by atomic mass is 9.93. The lowest BCUT2D eigenvalue weighted by Crippen LogP contribution is -2.39. The number of rotatable bonds is 3. The molecule has 1 aliphatic rings. The minimum atomic E-state index is -0.0664. The van der Waals surface area contributed by atoms with Crippen LogP contribution in [0, 0.1) is 0 Å². The van der Waals surface area contributed by atoms with Crippen molar-refractivity contribution < 1.29 is 4.79 Å². The summed E-state index contributed by atoms with van der Waals surface area (Å²) in [5.74, 6) is 0.100. The summed E-state index contributed by atoms with van der Waals surface area (Å²) < 4.78 is 1.76. The van der Waals surface area contributed by atoms with E-state index < -0.39 is 0 Å². The zero-order chi connectivity index (χ0) is 18.1. The zero-order valence-corrected chi connectivity index (χ0v) is 14.8. The van der Waals surface area contributed by atoms with Gasteiger partial charge in [0.25, 0.3) is 11.5 Å². The molecule has 0 radical (unpaired) electrons. The molecular formula is C20H22N4O2. The van der Waals surface area contributed by atoms with Crippen molar-refractivity contribution in [1.82, 2.24) is 19.7 Å².